The molecule has 1 aliphatic heterocycles. The van der Waals surface area contributed by atoms with Crippen molar-refractivity contribution in [1.82, 2.24) is 4.72 Å². The van der Waals surface area contributed by atoms with E-state index in [0.29, 0.717) is 37.4 Å². The molecule has 0 radical (unpaired) electrons. The molecule has 1 aliphatic rings. The third kappa shape index (κ3) is 6.30. The molecule has 1 heterocycles. The minimum absolute atomic E-state index is 0.210. The second-order valence-electron chi connectivity index (χ2n) is 6.67. The number of amidine groups is 1. The number of nitrogens with one attached hydrogen (secondary N) is 1. The molecule has 3 rings (SSSR count). The van der Waals surface area contributed by atoms with E-state index in [0.717, 1.165) is 23.1 Å². The van der Waals surface area contributed by atoms with Crippen molar-refractivity contribution in [2.75, 3.05) is 19.8 Å². The zero-order chi connectivity index (χ0) is 21.4. The Bertz CT molecular complexity index is 1010. The van der Waals surface area contributed by atoms with Gasteiger partial charge < -0.3 is 9.47 Å². The number of hydrogen-bond acceptors (Lipinski definition) is 6. The molecule has 0 amide bonds. The number of rotatable bonds is 10. The molecule has 0 aliphatic carbocycles. The summed E-state index contributed by atoms with van der Waals surface area (Å²) in [5, 5.41) is 0. The lowest BCUT2D eigenvalue weighted by Crippen LogP contribution is -2.22. The van der Waals surface area contributed by atoms with Crippen molar-refractivity contribution in [2.45, 2.75) is 30.6 Å². The van der Waals surface area contributed by atoms with Crippen LogP contribution in [0.2, 0.25) is 0 Å². The van der Waals surface area contributed by atoms with Gasteiger partial charge in [0.15, 0.2) is 0 Å². The average Bonchev–Trinajstić information content (AvgIpc) is 3.00. The maximum atomic E-state index is 12.0. The van der Waals surface area contributed by atoms with E-state index in [1.165, 1.54) is 0 Å². The molecule has 2 aromatic carbocycles. The largest absolute Gasteiger partial charge is 0.490 e. The Labute approximate surface area is 184 Å². The van der Waals surface area contributed by atoms with E-state index in [1.807, 2.05) is 24.3 Å². The summed E-state index contributed by atoms with van der Waals surface area (Å²) in [6.07, 6.45) is 2.59. The van der Waals surface area contributed by atoms with Gasteiger partial charge in [0, 0.05) is 23.0 Å². The van der Waals surface area contributed by atoms with Crippen molar-refractivity contribution in [3.8, 4) is 5.75 Å². The van der Waals surface area contributed by atoms with Crippen LogP contribution in [0.4, 0.5) is 0 Å². The number of nitrogens with zero attached hydrogens (tertiary/aromatic N) is 1. The van der Waals surface area contributed by atoms with Crippen molar-refractivity contribution in [1.29, 1.82) is 0 Å². The summed E-state index contributed by atoms with van der Waals surface area (Å²) in [5.41, 5.74) is 0.603. The molecular weight excluding hydrogens is 472 g/mol. The second kappa shape index (κ2) is 10.6. The fourth-order valence-electron chi connectivity index (χ4n) is 2.92. The van der Waals surface area contributed by atoms with E-state index in [2.05, 4.69) is 25.6 Å². The zero-order valence-electron chi connectivity index (χ0n) is 16.3. The lowest BCUT2D eigenvalue weighted by atomic mass is 10.2. The van der Waals surface area contributed by atoms with E-state index in [-0.39, 0.29) is 17.5 Å². The predicted molar refractivity (Wildman–Crippen MR) is 117 cm³/mol. The summed E-state index contributed by atoms with van der Waals surface area (Å²) in [4.78, 5) is 16.4. The van der Waals surface area contributed by atoms with Crippen LogP contribution in [0.1, 0.15) is 31.2 Å². The Morgan fingerprint density at radius 2 is 1.77 bits per heavy atom. The first-order chi connectivity index (χ1) is 14.5. The van der Waals surface area contributed by atoms with Gasteiger partial charge in [-0.1, -0.05) is 34.5 Å². The fraction of sp³-hybridized carbons (Fsp3) is 0.333. The van der Waals surface area contributed by atoms with Crippen LogP contribution in [0.15, 0.2) is 62.9 Å². The minimum Gasteiger partial charge on any atom is -0.490 e. The number of hydrogen-bond donors (Lipinski definition) is 1. The summed E-state index contributed by atoms with van der Waals surface area (Å²) in [7, 11) is -3.50. The molecule has 7 nitrogen and oxygen atoms in total. The third-order valence-corrected chi connectivity index (χ3v) is 6.33. The lowest BCUT2D eigenvalue weighted by Gasteiger charge is -2.07. The molecule has 1 N–H and O–H groups in total. The summed E-state index contributed by atoms with van der Waals surface area (Å²) < 4.78 is 38.2. The van der Waals surface area contributed by atoms with Crippen molar-refractivity contribution < 1.29 is 22.7 Å². The molecule has 0 aromatic heterocycles. The van der Waals surface area contributed by atoms with Gasteiger partial charge in [-0.25, -0.2) is 8.42 Å². The maximum Gasteiger partial charge on any atom is 0.305 e. The Hall–Kier alpha value is -2.39. The molecule has 30 heavy (non-hydrogen) atoms. The van der Waals surface area contributed by atoms with Crippen LogP contribution >= 0.6 is 15.9 Å². The first-order valence-corrected chi connectivity index (χ1v) is 11.9. The second-order valence-corrected chi connectivity index (χ2v) is 9.23. The van der Waals surface area contributed by atoms with Gasteiger partial charge in [0.25, 0.3) is 10.0 Å². The van der Waals surface area contributed by atoms with Crippen molar-refractivity contribution in [3.63, 3.8) is 0 Å². The molecule has 0 fully saturated rings. The van der Waals surface area contributed by atoms with Crippen LogP contribution in [-0.2, 0) is 19.6 Å². The zero-order valence-corrected chi connectivity index (χ0v) is 18.7. The molecule has 9 heteroatoms. The first-order valence-electron chi connectivity index (χ1n) is 9.66. The molecule has 0 atom stereocenters. The summed E-state index contributed by atoms with van der Waals surface area (Å²) in [5.74, 6) is 0.858. The number of halogens is 1. The number of carbonyl (C=O) groups is 1. The number of ether oxygens (including phenoxy) is 2. The van der Waals surface area contributed by atoms with Gasteiger partial charge in [0.1, 0.15) is 24.8 Å². The smallest absolute Gasteiger partial charge is 0.305 e. The van der Waals surface area contributed by atoms with Crippen LogP contribution in [0.5, 0.6) is 5.75 Å². The molecule has 0 bridgehead atoms. The Morgan fingerprint density at radius 3 is 2.57 bits per heavy atom. The third-order valence-electron chi connectivity index (χ3n) is 4.40. The summed E-state index contributed by atoms with van der Waals surface area (Å²) in [6.45, 7) is 1.01. The molecule has 0 spiro atoms. The van der Waals surface area contributed by atoms with E-state index in [1.54, 1.807) is 24.3 Å². The topological polar surface area (TPSA) is 94.1 Å². The van der Waals surface area contributed by atoms with Crippen LogP contribution in [0.3, 0.4) is 0 Å². The molecule has 160 valence electrons. The molecule has 0 unspecified atom stereocenters. The first kappa shape index (κ1) is 22.3. The minimum atomic E-state index is -3.50. The summed E-state index contributed by atoms with van der Waals surface area (Å²) >= 11 is 3.35. The highest BCUT2D eigenvalue weighted by Gasteiger charge is 2.29. The molecule has 0 saturated heterocycles. The Kier molecular flexibility index (Phi) is 7.87. The number of esters is 1. The number of fused-ring (bicyclic) bond motifs is 1. The van der Waals surface area contributed by atoms with Gasteiger partial charge in [-0.15, -0.1) is 0 Å². The standard InChI is InChI=1S/C21H23BrN2O5S/c22-16-9-11-17(12-10-16)28-14-15-29-20(25)8-2-1-5-13-23-21-18-6-3-4-7-19(18)30(26,27)24-21/h3-4,6-7,9-12H,1-2,5,8,13-15H2,(H,23,24). The van der Waals surface area contributed by atoms with Gasteiger partial charge in [-0.3, -0.25) is 14.5 Å². The number of benzene rings is 2. The molecular formula is C21H23BrN2O5S. The fourth-order valence-corrected chi connectivity index (χ4v) is 4.43. The van der Waals surface area contributed by atoms with Crippen LogP contribution in [0, 0.1) is 0 Å². The maximum absolute atomic E-state index is 12.0. The quantitative estimate of drug-likeness (QED) is 0.401. The highest BCUT2D eigenvalue weighted by molar-refractivity contribution is 9.10. The number of carbonyl (C=O) groups excluding carboxylic acids is 1. The van der Waals surface area contributed by atoms with E-state index in [9.17, 15) is 13.2 Å². The normalized spacial score (nSPS) is 15.4. The van der Waals surface area contributed by atoms with Gasteiger partial charge in [-0.2, -0.15) is 0 Å². The average molecular weight is 495 g/mol. The predicted octanol–water partition coefficient (Wildman–Crippen LogP) is 3.67. The van der Waals surface area contributed by atoms with E-state index in [4.69, 9.17) is 9.47 Å². The van der Waals surface area contributed by atoms with Gasteiger partial charge in [0.05, 0.1) is 4.90 Å². The van der Waals surface area contributed by atoms with Gasteiger partial charge >= 0.3 is 5.97 Å². The number of unbranched alkanes of at least 4 members (excludes halogenated alkanes) is 2. The Morgan fingerprint density at radius 1 is 1.00 bits per heavy atom. The highest BCUT2D eigenvalue weighted by Crippen LogP contribution is 2.22. The van der Waals surface area contributed by atoms with Crippen molar-refractivity contribution in [2.24, 2.45) is 4.99 Å². The van der Waals surface area contributed by atoms with Crippen LogP contribution in [0.25, 0.3) is 0 Å². The number of sulfonamides is 1. The Balaban J connectivity index is 1.28. The number of aliphatic imine (C=N–C) groups is 1. The molecule has 0 saturated carbocycles. The monoisotopic (exact) mass is 494 g/mol. The van der Waals surface area contributed by atoms with Gasteiger partial charge in [0.2, 0.25) is 0 Å². The molecule has 2 aromatic rings. The highest BCUT2D eigenvalue weighted by atomic mass is 79.9. The van der Waals surface area contributed by atoms with Crippen LogP contribution in [-0.4, -0.2) is 40.0 Å². The van der Waals surface area contributed by atoms with E-state index >= 15 is 0 Å². The summed E-state index contributed by atoms with van der Waals surface area (Å²) in [6, 6.07) is 14.2. The van der Waals surface area contributed by atoms with Crippen molar-refractivity contribution in [3.05, 3.63) is 58.6 Å². The van der Waals surface area contributed by atoms with Crippen LogP contribution < -0.4 is 9.46 Å². The van der Waals surface area contributed by atoms with Crippen molar-refractivity contribution >= 4 is 37.8 Å². The van der Waals surface area contributed by atoms with E-state index < -0.39 is 10.0 Å². The van der Waals surface area contributed by atoms with Gasteiger partial charge in [-0.05, 0) is 49.2 Å². The SMILES string of the molecule is O=C(CCCCCN=C1NS(=O)(=O)c2ccccc21)OCCOc1ccc(Br)cc1. The lowest BCUT2D eigenvalue weighted by molar-refractivity contribution is -0.144.